The first-order valence-corrected chi connectivity index (χ1v) is 11.2. The number of nitrogens with one attached hydrogen (secondary N) is 2. The number of methoxy groups -OCH3 is 2. The van der Waals surface area contributed by atoms with Gasteiger partial charge in [0.1, 0.15) is 17.2 Å². The van der Waals surface area contributed by atoms with Crippen molar-refractivity contribution in [3.05, 3.63) is 102 Å². The number of carbonyl (C=O) groups excluding carboxylic acids is 2. The molecular formula is C24H19BrN4O8. The average molecular weight is 571 g/mol. The number of hydrogen-bond acceptors (Lipinski definition) is 8. The maximum absolute atomic E-state index is 13.2. The molecule has 0 aliphatic carbocycles. The van der Waals surface area contributed by atoms with Crippen molar-refractivity contribution < 1.29 is 28.9 Å². The molecule has 0 saturated heterocycles. The lowest BCUT2D eigenvalue weighted by molar-refractivity contribution is -0.385. The van der Waals surface area contributed by atoms with Crippen LogP contribution in [0.4, 0.5) is 17.1 Å². The van der Waals surface area contributed by atoms with Gasteiger partial charge < -0.3 is 20.1 Å². The molecule has 0 fully saturated rings. The molecule has 0 bridgehead atoms. The molecular weight excluding hydrogens is 552 g/mol. The summed E-state index contributed by atoms with van der Waals surface area (Å²) in [6.07, 6.45) is 1.26. The summed E-state index contributed by atoms with van der Waals surface area (Å²) in [5.74, 6) is -0.944. The highest BCUT2D eigenvalue weighted by Crippen LogP contribution is 2.30. The van der Waals surface area contributed by atoms with Gasteiger partial charge in [-0.15, -0.1) is 0 Å². The van der Waals surface area contributed by atoms with E-state index in [1.165, 1.54) is 68.8 Å². The molecule has 3 aromatic rings. The Balaban J connectivity index is 1.98. The molecule has 2 amide bonds. The first kappa shape index (κ1) is 26.8. The zero-order chi connectivity index (χ0) is 27.1. The quantitative estimate of drug-likeness (QED) is 0.212. The Morgan fingerprint density at radius 2 is 1.57 bits per heavy atom. The molecule has 0 unspecified atom stereocenters. The highest BCUT2D eigenvalue weighted by atomic mass is 79.9. The number of nitro groups is 2. The van der Waals surface area contributed by atoms with Crippen molar-refractivity contribution in [2.45, 2.75) is 0 Å². The summed E-state index contributed by atoms with van der Waals surface area (Å²) in [6, 6.07) is 13.6. The number of amides is 2. The second-order valence-corrected chi connectivity index (χ2v) is 8.16. The fourth-order valence-corrected chi connectivity index (χ4v) is 3.68. The summed E-state index contributed by atoms with van der Waals surface area (Å²) < 4.78 is 10.8. The summed E-state index contributed by atoms with van der Waals surface area (Å²) in [4.78, 5) is 47.2. The molecule has 0 spiro atoms. The van der Waals surface area contributed by atoms with Gasteiger partial charge in [0.05, 0.1) is 40.3 Å². The van der Waals surface area contributed by atoms with Gasteiger partial charge in [0, 0.05) is 23.8 Å². The van der Waals surface area contributed by atoms with Gasteiger partial charge in [0.15, 0.2) is 0 Å². The van der Waals surface area contributed by atoms with Crippen molar-refractivity contribution in [3.63, 3.8) is 0 Å². The van der Waals surface area contributed by atoms with E-state index in [0.29, 0.717) is 10.2 Å². The lowest BCUT2D eigenvalue weighted by atomic mass is 10.1. The van der Waals surface area contributed by atoms with E-state index in [2.05, 4.69) is 26.6 Å². The third-order valence-corrected chi connectivity index (χ3v) is 5.56. The second kappa shape index (κ2) is 11.8. The lowest BCUT2D eigenvalue weighted by Gasteiger charge is -2.14. The topological polar surface area (TPSA) is 163 Å². The normalized spacial score (nSPS) is 10.8. The standard InChI is InChI=1S/C24H19BrN4O8/c1-36-21-9-6-15(12-18(21)25)23(30)27-20(11-14-4-3-5-16(10-14)28(32)33)24(31)26-19-8-7-17(29(34)35)13-22(19)37-2/h3-13H,1-2H3,(H,26,31)(H,27,30)/b20-11-. The van der Waals surface area contributed by atoms with Crippen LogP contribution in [0.25, 0.3) is 6.08 Å². The second-order valence-electron chi connectivity index (χ2n) is 7.31. The minimum atomic E-state index is -0.806. The molecule has 0 heterocycles. The maximum atomic E-state index is 13.2. The molecule has 3 rings (SSSR count). The van der Waals surface area contributed by atoms with Crippen molar-refractivity contribution >= 4 is 50.9 Å². The van der Waals surface area contributed by atoms with Gasteiger partial charge in [-0.2, -0.15) is 0 Å². The number of hydrogen-bond donors (Lipinski definition) is 2. The van der Waals surface area contributed by atoms with Crippen molar-refractivity contribution in [2.24, 2.45) is 0 Å². The number of non-ortho nitro benzene ring substituents is 2. The SMILES string of the molecule is COc1ccc(C(=O)N/C(=C\c2cccc([N+](=O)[O-])c2)C(=O)Nc2ccc([N+](=O)[O-])cc2OC)cc1Br. The monoisotopic (exact) mass is 570 g/mol. The van der Waals surface area contributed by atoms with E-state index < -0.39 is 21.7 Å². The van der Waals surface area contributed by atoms with Crippen LogP contribution in [0, 0.1) is 20.2 Å². The van der Waals surface area contributed by atoms with Gasteiger partial charge in [-0.1, -0.05) is 12.1 Å². The first-order chi connectivity index (χ1) is 17.6. The van der Waals surface area contributed by atoms with Crippen LogP contribution in [-0.4, -0.2) is 35.9 Å². The average Bonchev–Trinajstić information content (AvgIpc) is 2.88. The molecule has 0 aliphatic heterocycles. The van der Waals surface area contributed by atoms with Crippen molar-refractivity contribution in [3.8, 4) is 11.5 Å². The molecule has 0 aliphatic rings. The number of nitrogens with zero attached hydrogens (tertiary/aromatic N) is 2. The van der Waals surface area contributed by atoms with Gasteiger partial charge in [0.25, 0.3) is 23.2 Å². The van der Waals surface area contributed by atoms with Crippen LogP contribution < -0.4 is 20.1 Å². The van der Waals surface area contributed by atoms with E-state index in [0.717, 1.165) is 6.07 Å². The summed E-state index contributed by atoms with van der Waals surface area (Å²) in [5.41, 5.74) is -0.150. The van der Waals surface area contributed by atoms with Crippen LogP contribution in [0.3, 0.4) is 0 Å². The van der Waals surface area contributed by atoms with Crippen LogP contribution in [0.15, 0.2) is 70.8 Å². The van der Waals surface area contributed by atoms with Crippen LogP contribution in [0.5, 0.6) is 11.5 Å². The van der Waals surface area contributed by atoms with E-state index in [1.807, 2.05) is 0 Å². The minimum Gasteiger partial charge on any atom is -0.496 e. The number of ether oxygens (including phenoxy) is 2. The highest BCUT2D eigenvalue weighted by molar-refractivity contribution is 9.10. The first-order valence-electron chi connectivity index (χ1n) is 10.4. The van der Waals surface area contributed by atoms with Gasteiger partial charge >= 0.3 is 0 Å². The number of rotatable bonds is 9. The minimum absolute atomic E-state index is 0.0164. The Morgan fingerprint density at radius 1 is 0.892 bits per heavy atom. The summed E-state index contributed by atoms with van der Waals surface area (Å²) in [7, 11) is 2.74. The van der Waals surface area contributed by atoms with E-state index in [1.54, 1.807) is 6.07 Å². The zero-order valence-electron chi connectivity index (χ0n) is 19.4. The van der Waals surface area contributed by atoms with Crippen LogP contribution in [-0.2, 0) is 4.79 Å². The van der Waals surface area contributed by atoms with Gasteiger partial charge in [-0.05, 0) is 51.8 Å². The van der Waals surface area contributed by atoms with Crippen LogP contribution >= 0.6 is 15.9 Å². The molecule has 37 heavy (non-hydrogen) atoms. The van der Waals surface area contributed by atoms with Gasteiger partial charge in [0.2, 0.25) is 0 Å². The number of carbonyl (C=O) groups is 2. The number of nitro benzene ring substituents is 2. The number of halogens is 1. The van der Waals surface area contributed by atoms with E-state index in [9.17, 15) is 29.8 Å². The molecule has 0 aromatic heterocycles. The summed E-state index contributed by atoms with van der Waals surface area (Å²) in [6.45, 7) is 0. The number of anilines is 1. The molecule has 3 aromatic carbocycles. The van der Waals surface area contributed by atoms with E-state index >= 15 is 0 Å². The Bertz CT molecular complexity index is 1420. The highest BCUT2D eigenvalue weighted by Gasteiger charge is 2.19. The molecule has 2 N–H and O–H groups in total. The molecule has 0 radical (unpaired) electrons. The summed E-state index contributed by atoms with van der Waals surface area (Å²) >= 11 is 3.30. The van der Waals surface area contributed by atoms with Crippen LogP contribution in [0.1, 0.15) is 15.9 Å². The van der Waals surface area contributed by atoms with Gasteiger partial charge in [-0.25, -0.2) is 0 Å². The Kier molecular flexibility index (Phi) is 8.53. The fourth-order valence-electron chi connectivity index (χ4n) is 3.14. The lowest BCUT2D eigenvalue weighted by Crippen LogP contribution is -2.30. The zero-order valence-corrected chi connectivity index (χ0v) is 21.0. The third kappa shape index (κ3) is 6.67. The largest absolute Gasteiger partial charge is 0.496 e. The maximum Gasteiger partial charge on any atom is 0.273 e. The summed E-state index contributed by atoms with van der Waals surface area (Å²) in [5, 5.41) is 27.3. The Morgan fingerprint density at radius 3 is 2.19 bits per heavy atom. The molecule has 12 nitrogen and oxygen atoms in total. The molecule has 0 saturated carbocycles. The Hall–Kier alpha value is -4.78. The van der Waals surface area contributed by atoms with Gasteiger partial charge in [-0.3, -0.25) is 29.8 Å². The fraction of sp³-hybridized carbons (Fsp3) is 0.0833. The van der Waals surface area contributed by atoms with Crippen molar-refractivity contribution in [1.29, 1.82) is 0 Å². The predicted octanol–water partition coefficient (Wildman–Crippen LogP) is 4.69. The van der Waals surface area contributed by atoms with E-state index in [-0.39, 0.29) is 39.6 Å². The van der Waals surface area contributed by atoms with E-state index in [4.69, 9.17) is 9.47 Å². The third-order valence-electron chi connectivity index (χ3n) is 4.94. The molecule has 190 valence electrons. The van der Waals surface area contributed by atoms with Crippen molar-refractivity contribution in [2.75, 3.05) is 19.5 Å². The van der Waals surface area contributed by atoms with Crippen LogP contribution in [0.2, 0.25) is 0 Å². The Labute approximate surface area is 218 Å². The smallest absolute Gasteiger partial charge is 0.273 e. The molecule has 0 atom stereocenters. The molecule has 13 heteroatoms. The predicted molar refractivity (Wildman–Crippen MR) is 138 cm³/mol. The van der Waals surface area contributed by atoms with Crippen molar-refractivity contribution in [1.82, 2.24) is 5.32 Å². The number of benzene rings is 3.